The minimum Gasteiger partial charge on any atom is -0.421 e. The summed E-state index contributed by atoms with van der Waals surface area (Å²) in [4.78, 5) is 0. The number of sulfonamides is 2. The monoisotopic (exact) mass is 541 g/mol. The Bertz CT molecular complexity index is 632. The van der Waals surface area contributed by atoms with Gasteiger partial charge in [-0.2, -0.15) is 26.3 Å². The molecule has 0 aliphatic heterocycles. The van der Waals surface area contributed by atoms with E-state index in [1.165, 1.54) is 63.2 Å². The quantitative estimate of drug-likeness (QED) is 0.195. The predicted molar refractivity (Wildman–Crippen MR) is 116 cm³/mol. The molecular formula is C17H34F6NO5PS2. The number of halogens is 6. The zero-order valence-corrected chi connectivity index (χ0v) is 21.3. The Labute approximate surface area is 188 Å². The molecule has 0 aromatic rings. The normalized spacial score (nSPS) is 13.6. The Morgan fingerprint density at radius 3 is 1.22 bits per heavy atom. The Kier molecular flexibility index (Phi) is 15.9. The Morgan fingerprint density at radius 2 is 1.00 bits per heavy atom. The van der Waals surface area contributed by atoms with Crippen LogP contribution < -0.4 is 0 Å². The third kappa shape index (κ3) is 12.9. The summed E-state index contributed by atoms with van der Waals surface area (Å²) in [6, 6.07) is 0. The summed E-state index contributed by atoms with van der Waals surface area (Å²) in [5.74, 6) is 0. The van der Waals surface area contributed by atoms with Crippen molar-refractivity contribution < 1.29 is 47.9 Å². The van der Waals surface area contributed by atoms with Crippen molar-refractivity contribution in [3.05, 3.63) is 4.13 Å². The maximum atomic E-state index is 11.4. The number of rotatable bonds is 14. The van der Waals surface area contributed by atoms with E-state index in [1.807, 2.05) is 7.11 Å². The second kappa shape index (κ2) is 15.0. The van der Waals surface area contributed by atoms with Gasteiger partial charge in [-0.25, -0.2) is 16.8 Å². The van der Waals surface area contributed by atoms with Gasteiger partial charge in [0.15, 0.2) is 20.0 Å². The van der Waals surface area contributed by atoms with Gasteiger partial charge in [-0.3, -0.25) is 0 Å². The highest BCUT2D eigenvalue weighted by Gasteiger charge is 2.47. The zero-order valence-electron chi connectivity index (χ0n) is 18.8. The van der Waals surface area contributed by atoms with Gasteiger partial charge in [0, 0.05) is 14.4 Å². The van der Waals surface area contributed by atoms with E-state index in [0.29, 0.717) is 0 Å². The average Bonchev–Trinajstić information content (AvgIpc) is 2.65. The fraction of sp³-hybridized carbons (Fsp3) is 1.00. The summed E-state index contributed by atoms with van der Waals surface area (Å²) in [5, 5.41) is 0. The van der Waals surface area contributed by atoms with Crippen molar-refractivity contribution in [2.24, 2.45) is 0 Å². The summed E-state index contributed by atoms with van der Waals surface area (Å²) >= 11 is 0. The van der Waals surface area contributed by atoms with Crippen LogP contribution in [-0.2, 0) is 24.8 Å². The lowest BCUT2D eigenvalue weighted by molar-refractivity contribution is -0.0444. The van der Waals surface area contributed by atoms with Crippen LogP contribution >= 0.6 is 7.26 Å². The van der Waals surface area contributed by atoms with Crippen molar-refractivity contribution >= 4 is 27.3 Å². The molecule has 0 radical (unpaired) electrons. The number of unbranched alkanes of at least 4 members (excludes halogenated alkanes) is 3. The molecule has 0 saturated heterocycles. The molecule has 32 heavy (non-hydrogen) atoms. The fourth-order valence-corrected chi connectivity index (χ4v) is 9.23. The van der Waals surface area contributed by atoms with E-state index in [-0.39, 0.29) is 0 Å². The molecule has 0 heterocycles. The summed E-state index contributed by atoms with van der Waals surface area (Å²) < 4.78 is 115. The molecule has 0 N–H and O–H groups in total. The van der Waals surface area contributed by atoms with Gasteiger partial charge in [0.25, 0.3) is 0 Å². The minimum atomic E-state index is -6.72. The van der Waals surface area contributed by atoms with Crippen molar-refractivity contribution in [1.82, 2.24) is 0 Å². The Hall–Kier alpha value is -0.170. The third-order valence-corrected chi connectivity index (χ3v) is 12.2. The Morgan fingerprint density at radius 1 is 0.688 bits per heavy atom. The van der Waals surface area contributed by atoms with Crippen molar-refractivity contribution in [1.29, 1.82) is 0 Å². The van der Waals surface area contributed by atoms with Gasteiger partial charge in [-0.15, -0.1) is 0 Å². The summed E-state index contributed by atoms with van der Waals surface area (Å²) in [7, 11) is -12.3. The van der Waals surface area contributed by atoms with Gasteiger partial charge in [0.1, 0.15) is 0 Å². The van der Waals surface area contributed by atoms with E-state index in [9.17, 15) is 43.2 Å². The molecule has 0 amide bonds. The van der Waals surface area contributed by atoms with Crippen LogP contribution in [0.25, 0.3) is 4.13 Å². The van der Waals surface area contributed by atoms with Crippen LogP contribution in [0.4, 0.5) is 26.3 Å². The standard InChI is InChI=1S/C15H34OP.C2F6NO4S2/c1-5-8-12-17(13-9-6-2,14-10-7-3)15-11-16-4;3-1(4,5)14(10,11)9-15(12,13)2(6,7)8/h5-15H2,1-4H3;/q+1;-1. The van der Waals surface area contributed by atoms with E-state index in [1.54, 1.807) is 0 Å². The first kappa shape index (κ1) is 34.0. The SMILES string of the molecule is CCCC[P+](CCCC)(CCCC)CCOC.O=S(=O)([N-]S(=O)(=O)C(F)(F)F)C(F)(F)F. The number of ether oxygens (including phenoxy) is 1. The maximum absolute atomic E-state index is 11.4. The van der Waals surface area contributed by atoms with Crippen LogP contribution in [0.5, 0.6) is 0 Å². The summed E-state index contributed by atoms with van der Waals surface area (Å²) in [6.07, 6.45) is 14.3. The Balaban J connectivity index is 0. The van der Waals surface area contributed by atoms with Crippen LogP contribution in [0, 0.1) is 0 Å². The van der Waals surface area contributed by atoms with Crippen molar-refractivity contribution in [3.8, 4) is 0 Å². The molecular weight excluding hydrogens is 507 g/mol. The molecule has 0 aliphatic rings. The topological polar surface area (TPSA) is 91.6 Å². The molecule has 0 bridgehead atoms. The second-order valence-electron chi connectivity index (χ2n) is 7.21. The van der Waals surface area contributed by atoms with Crippen LogP contribution in [0.15, 0.2) is 0 Å². The molecule has 196 valence electrons. The van der Waals surface area contributed by atoms with Crippen LogP contribution in [0.1, 0.15) is 59.3 Å². The molecule has 0 aliphatic carbocycles. The van der Waals surface area contributed by atoms with E-state index >= 15 is 0 Å². The molecule has 15 heteroatoms. The van der Waals surface area contributed by atoms with Crippen LogP contribution in [0.2, 0.25) is 0 Å². The highest BCUT2D eigenvalue weighted by Crippen LogP contribution is 2.60. The summed E-state index contributed by atoms with van der Waals surface area (Å²) in [6.45, 7) is 7.96. The van der Waals surface area contributed by atoms with Crippen molar-refractivity contribution in [2.45, 2.75) is 70.3 Å². The molecule has 0 unspecified atom stereocenters. The molecule has 6 nitrogen and oxygen atoms in total. The number of hydrogen-bond donors (Lipinski definition) is 0. The van der Waals surface area contributed by atoms with E-state index in [0.717, 1.165) is 10.7 Å². The number of nitrogens with zero attached hydrogens (tertiary/aromatic N) is 1. The van der Waals surface area contributed by atoms with Crippen LogP contribution in [0.3, 0.4) is 0 Å². The van der Waals surface area contributed by atoms with Crippen LogP contribution in [-0.4, -0.2) is 66.2 Å². The smallest absolute Gasteiger partial charge is 0.421 e. The molecule has 0 rings (SSSR count). The number of methoxy groups -OCH3 is 1. The fourth-order valence-electron chi connectivity index (χ4n) is 2.65. The molecule has 0 saturated carbocycles. The van der Waals surface area contributed by atoms with Gasteiger partial charge in [-0.1, -0.05) is 40.0 Å². The van der Waals surface area contributed by atoms with Gasteiger partial charge >= 0.3 is 11.0 Å². The minimum absolute atomic E-state index is 0.687. The van der Waals surface area contributed by atoms with Gasteiger partial charge in [-0.05, 0) is 19.3 Å². The van der Waals surface area contributed by atoms with Gasteiger partial charge in [0.2, 0.25) is 0 Å². The van der Waals surface area contributed by atoms with E-state index < -0.39 is 38.3 Å². The predicted octanol–water partition coefficient (Wildman–Crippen LogP) is 6.11. The lowest BCUT2D eigenvalue weighted by atomic mass is 10.4. The molecule has 0 aromatic carbocycles. The zero-order chi connectivity index (χ0) is 25.7. The lowest BCUT2D eigenvalue weighted by Gasteiger charge is -2.27. The molecule has 0 fully saturated rings. The largest absolute Gasteiger partial charge is 0.480 e. The molecule has 0 aromatic heterocycles. The van der Waals surface area contributed by atoms with Crippen molar-refractivity contribution in [2.75, 3.05) is 38.4 Å². The first-order valence-electron chi connectivity index (χ1n) is 10.2. The van der Waals surface area contributed by atoms with E-state index in [2.05, 4.69) is 20.8 Å². The van der Waals surface area contributed by atoms with Crippen molar-refractivity contribution in [3.63, 3.8) is 0 Å². The summed E-state index contributed by atoms with van der Waals surface area (Å²) in [5.41, 5.74) is -12.4. The third-order valence-electron chi connectivity index (χ3n) is 4.51. The van der Waals surface area contributed by atoms with Gasteiger partial charge < -0.3 is 8.86 Å². The van der Waals surface area contributed by atoms with E-state index in [4.69, 9.17) is 4.74 Å². The highest BCUT2D eigenvalue weighted by atomic mass is 32.3. The maximum Gasteiger partial charge on any atom is 0.480 e. The average molecular weight is 542 g/mol. The first-order valence-corrected chi connectivity index (χ1v) is 15.6. The highest BCUT2D eigenvalue weighted by molar-refractivity contribution is 8.13. The molecule has 0 atom stereocenters. The molecule has 0 spiro atoms. The first-order chi connectivity index (χ1) is 14.4. The number of hydrogen-bond acceptors (Lipinski definition) is 5. The van der Waals surface area contributed by atoms with Gasteiger partial charge in [0.05, 0.1) is 31.3 Å². The lowest BCUT2D eigenvalue weighted by Crippen LogP contribution is -2.30. The number of alkyl halides is 6. The second-order valence-corrected chi connectivity index (χ2v) is 15.1.